The number of fused-ring (bicyclic) bond motifs is 1. The summed E-state index contributed by atoms with van der Waals surface area (Å²) >= 11 is 12.6. The van der Waals surface area contributed by atoms with Crippen molar-refractivity contribution < 1.29 is 9.53 Å². The summed E-state index contributed by atoms with van der Waals surface area (Å²) in [5, 5.41) is 5.55. The molecule has 0 aliphatic carbocycles. The van der Waals surface area contributed by atoms with Gasteiger partial charge < -0.3 is 14.5 Å². The summed E-state index contributed by atoms with van der Waals surface area (Å²) < 4.78 is 6.96. The van der Waals surface area contributed by atoms with E-state index in [0.29, 0.717) is 52.0 Å². The molecule has 1 aromatic carbocycles. The number of hydrogen-bond acceptors (Lipinski definition) is 6. The largest absolute Gasteiger partial charge is 0.495 e. The molecular weight excluding hydrogens is 463 g/mol. The number of hydrogen-bond donors (Lipinski definition) is 0. The summed E-state index contributed by atoms with van der Waals surface area (Å²) in [5.41, 5.74) is 3.46. The Morgan fingerprint density at radius 3 is 2.73 bits per heavy atom. The highest BCUT2D eigenvalue weighted by Crippen LogP contribution is 2.36. The summed E-state index contributed by atoms with van der Waals surface area (Å²) in [7, 11) is 1.61. The number of rotatable bonds is 5. The second-order valence-electron chi connectivity index (χ2n) is 8.12. The fourth-order valence-corrected chi connectivity index (χ4v) is 4.69. The van der Waals surface area contributed by atoms with Crippen LogP contribution in [0, 0.1) is 12.8 Å². The number of halogens is 2. The van der Waals surface area contributed by atoms with Crippen LogP contribution in [-0.2, 0) is 11.3 Å². The van der Waals surface area contributed by atoms with E-state index in [9.17, 15) is 4.79 Å². The number of benzene rings is 1. The highest BCUT2D eigenvalue weighted by atomic mass is 35.5. The molecule has 1 fully saturated rings. The molecule has 2 aliphatic rings. The summed E-state index contributed by atoms with van der Waals surface area (Å²) in [6, 6.07) is 7.48. The molecule has 0 spiro atoms. The van der Waals surface area contributed by atoms with E-state index in [-0.39, 0.29) is 12.5 Å². The van der Waals surface area contributed by atoms with Gasteiger partial charge in [0.2, 0.25) is 5.91 Å². The Morgan fingerprint density at radius 1 is 1.21 bits per heavy atom. The van der Waals surface area contributed by atoms with Crippen molar-refractivity contribution in [2.24, 2.45) is 5.92 Å². The number of methoxy groups -OCH3 is 1. The van der Waals surface area contributed by atoms with Crippen molar-refractivity contribution in [3.05, 3.63) is 64.2 Å². The molecule has 4 heterocycles. The average molecular weight is 485 g/mol. The third-order valence-electron chi connectivity index (χ3n) is 6.09. The van der Waals surface area contributed by atoms with Crippen LogP contribution in [0.25, 0.3) is 11.5 Å². The molecule has 170 valence electrons. The molecule has 0 saturated carbocycles. The highest BCUT2D eigenvalue weighted by Gasteiger charge is 2.36. The van der Waals surface area contributed by atoms with Gasteiger partial charge in [-0.15, -0.1) is 0 Å². The van der Waals surface area contributed by atoms with E-state index in [1.165, 1.54) is 5.57 Å². The molecule has 0 bridgehead atoms. The number of likely N-dealkylation sites (tertiary alicyclic amines) is 1. The van der Waals surface area contributed by atoms with Gasteiger partial charge in [-0.3, -0.25) is 9.48 Å². The Bertz CT molecular complexity index is 1240. The number of nitrogens with zero attached hydrogens (tertiary/aromatic N) is 6. The molecule has 3 aromatic rings. The lowest BCUT2D eigenvalue weighted by atomic mass is 10.1. The molecule has 1 saturated heterocycles. The summed E-state index contributed by atoms with van der Waals surface area (Å²) in [6.45, 7) is 4.05. The van der Waals surface area contributed by atoms with Crippen molar-refractivity contribution >= 4 is 34.8 Å². The van der Waals surface area contributed by atoms with E-state index in [0.717, 1.165) is 12.2 Å². The number of carbonyl (C=O) groups is 1. The minimum absolute atomic E-state index is 0.00723. The summed E-state index contributed by atoms with van der Waals surface area (Å²) in [5.74, 6) is 1.39. The van der Waals surface area contributed by atoms with Crippen LogP contribution >= 0.6 is 23.2 Å². The molecule has 8 nitrogen and oxygen atoms in total. The minimum atomic E-state index is 0.00723. The molecule has 1 amide bonds. The molecule has 1 atom stereocenters. The Labute approximate surface area is 201 Å². The maximum atomic E-state index is 13.0. The number of aromatic nitrogens is 4. The third-order valence-corrected chi connectivity index (χ3v) is 6.86. The van der Waals surface area contributed by atoms with Gasteiger partial charge in [-0.2, -0.15) is 5.10 Å². The summed E-state index contributed by atoms with van der Waals surface area (Å²) in [6.07, 6.45) is 5.40. The topological polar surface area (TPSA) is 76.4 Å². The molecule has 2 aromatic heterocycles. The van der Waals surface area contributed by atoms with Gasteiger partial charge in [0, 0.05) is 55.9 Å². The van der Waals surface area contributed by atoms with E-state index in [1.54, 1.807) is 30.3 Å². The summed E-state index contributed by atoms with van der Waals surface area (Å²) in [4.78, 5) is 25.5. The van der Waals surface area contributed by atoms with E-state index >= 15 is 0 Å². The molecular formula is C23H22Cl2N6O2. The Hall–Kier alpha value is -3.10. The minimum Gasteiger partial charge on any atom is -0.495 e. The van der Waals surface area contributed by atoms with Gasteiger partial charge in [0.05, 0.1) is 22.8 Å². The first kappa shape index (κ1) is 21.7. The molecule has 0 radical (unpaired) electrons. The van der Waals surface area contributed by atoms with Crippen LogP contribution in [0.1, 0.15) is 5.69 Å². The lowest BCUT2D eigenvalue weighted by molar-refractivity contribution is -0.131. The van der Waals surface area contributed by atoms with Crippen molar-refractivity contribution in [3.63, 3.8) is 0 Å². The van der Waals surface area contributed by atoms with Crippen LogP contribution in [0.3, 0.4) is 0 Å². The Balaban J connectivity index is 1.28. The fraction of sp³-hybridized carbons (Fsp3) is 0.304. The van der Waals surface area contributed by atoms with E-state index in [2.05, 4.69) is 26.2 Å². The van der Waals surface area contributed by atoms with Gasteiger partial charge in [0.1, 0.15) is 18.0 Å². The van der Waals surface area contributed by atoms with Gasteiger partial charge in [-0.25, -0.2) is 9.97 Å². The predicted octanol–water partition coefficient (Wildman–Crippen LogP) is 3.83. The quantitative estimate of drug-likeness (QED) is 0.547. The Kier molecular flexibility index (Phi) is 5.72. The molecule has 10 heteroatoms. The number of carbonyl (C=O) groups excluding carboxylic acids is 1. The van der Waals surface area contributed by atoms with E-state index in [4.69, 9.17) is 27.9 Å². The first-order valence-electron chi connectivity index (χ1n) is 10.5. The second-order valence-corrected chi connectivity index (χ2v) is 8.91. The number of amides is 1. The van der Waals surface area contributed by atoms with Gasteiger partial charge in [-0.05, 0) is 30.7 Å². The van der Waals surface area contributed by atoms with E-state index in [1.807, 2.05) is 30.0 Å². The standard InChI is InChI=1S/C23H22Cl2N6O2/c1-14-21(25)22(23-26-6-3-7-27-23)28-31(14)13-20(32)30-11-15-9-29(10-16(15)12-30)17-4-5-18(24)19(8-17)33-2/h3-9,16H,10-13H2,1-2H3. The Morgan fingerprint density at radius 2 is 2.00 bits per heavy atom. The lowest BCUT2D eigenvalue weighted by Gasteiger charge is -2.21. The van der Waals surface area contributed by atoms with Crippen LogP contribution in [0.5, 0.6) is 5.75 Å². The van der Waals surface area contributed by atoms with Crippen LogP contribution in [0.2, 0.25) is 10.0 Å². The van der Waals surface area contributed by atoms with Crippen LogP contribution in [0.15, 0.2) is 48.4 Å². The molecule has 33 heavy (non-hydrogen) atoms. The van der Waals surface area contributed by atoms with Crippen molar-refractivity contribution in [2.45, 2.75) is 13.5 Å². The van der Waals surface area contributed by atoms with Crippen LogP contribution in [-0.4, -0.2) is 57.3 Å². The fourth-order valence-electron chi connectivity index (χ4n) is 4.28. The normalized spacial score (nSPS) is 17.3. The van der Waals surface area contributed by atoms with Crippen LogP contribution in [0.4, 0.5) is 5.69 Å². The van der Waals surface area contributed by atoms with Crippen molar-refractivity contribution in [2.75, 3.05) is 31.6 Å². The molecule has 1 unspecified atom stereocenters. The first-order chi connectivity index (χ1) is 15.9. The molecule has 5 rings (SSSR count). The zero-order valence-corrected chi connectivity index (χ0v) is 19.7. The van der Waals surface area contributed by atoms with Crippen LogP contribution < -0.4 is 9.64 Å². The third kappa shape index (κ3) is 4.05. The van der Waals surface area contributed by atoms with Crippen molar-refractivity contribution in [3.8, 4) is 17.3 Å². The van der Waals surface area contributed by atoms with Gasteiger partial charge in [0.25, 0.3) is 0 Å². The van der Waals surface area contributed by atoms with Gasteiger partial charge >= 0.3 is 0 Å². The first-order valence-corrected chi connectivity index (χ1v) is 11.3. The zero-order valence-electron chi connectivity index (χ0n) is 18.2. The highest BCUT2D eigenvalue weighted by molar-refractivity contribution is 6.33. The van der Waals surface area contributed by atoms with Gasteiger partial charge in [0.15, 0.2) is 5.82 Å². The SMILES string of the molecule is COc1cc(N2C=C3CN(C(=O)Cn4nc(-c5ncccn5)c(Cl)c4C)CC3C2)ccc1Cl. The molecule has 2 aliphatic heterocycles. The van der Waals surface area contributed by atoms with Gasteiger partial charge in [-0.1, -0.05) is 23.2 Å². The smallest absolute Gasteiger partial charge is 0.244 e. The maximum absolute atomic E-state index is 13.0. The maximum Gasteiger partial charge on any atom is 0.244 e. The van der Waals surface area contributed by atoms with Crippen molar-refractivity contribution in [1.29, 1.82) is 0 Å². The lowest BCUT2D eigenvalue weighted by Crippen LogP contribution is -2.34. The zero-order chi connectivity index (χ0) is 23.1. The van der Waals surface area contributed by atoms with E-state index < -0.39 is 0 Å². The number of anilines is 1. The predicted molar refractivity (Wildman–Crippen MR) is 127 cm³/mol. The second kappa shape index (κ2) is 8.68. The average Bonchev–Trinajstić information content (AvgIpc) is 3.48. The monoisotopic (exact) mass is 484 g/mol. The van der Waals surface area contributed by atoms with Crippen molar-refractivity contribution in [1.82, 2.24) is 24.6 Å². The molecule has 0 N–H and O–H groups in total. The number of ether oxygens (including phenoxy) is 1.